The number of nitrogens with one attached hydrogen (secondary N) is 1. The number of hydrogen-bond donors (Lipinski definition) is 1. The summed E-state index contributed by atoms with van der Waals surface area (Å²) < 4.78 is 7.38. The molecule has 5 rings (SSSR count). The molecule has 0 amide bonds. The Morgan fingerprint density at radius 2 is 1.82 bits per heavy atom. The van der Waals surface area contributed by atoms with E-state index in [4.69, 9.17) is 4.74 Å². The van der Waals surface area contributed by atoms with E-state index in [1.807, 2.05) is 48.5 Å². The van der Waals surface area contributed by atoms with Gasteiger partial charge in [-0.15, -0.1) is 0 Å². The van der Waals surface area contributed by atoms with Crippen molar-refractivity contribution >= 4 is 21.8 Å². The number of aromatic amines is 1. The van der Waals surface area contributed by atoms with Crippen LogP contribution in [0.3, 0.4) is 0 Å². The summed E-state index contributed by atoms with van der Waals surface area (Å²) in [6.07, 6.45) is 0. The third kappa shape index (κ3) is 1.39. The van der Waals surface area contributed by atoms with Gasteiger partial charge in [0.25, 0.3) is 5.56 Å². The molecule has 1 aliphatic heterocycles. The molecule has 1 aliphatic rings. The summed E-state index contributed by atoms with van der Waals surface area (Å²) in [5.41, 5.74) is 3.43. The van der Waals surface area contributed by atoms with Gasteiger partial charge in [-0.2, -0.15) is 0 Å². The second-order valence-corrected chi connectivity index (χ2v) is 5.49. The Balaban J connectivity index is 1.98. The van der Waals surface area contributed by atoms with Gasteiger partial charge in [0.1, 0.15) is 11.3 Å². The van der Waals surface area contributed by atoms with Crippen molar-refractivity contribution in [3.05, 3.63) is 65.0 Å². The summed E-state index contributed by atoms with van der Waals surface area (Å²) in [6.45, 7) is 0.247. The highest BCUT2D eigenvalue weighted by Crippen LogP contribution is 2.35. The number of aromatic nitrogens is 2. The summed E-state index contributed by atoms with van der Waals surface area (Å²) in [7, 11) is 0. The van der Waals surface area contributed by atoms with Crippen LogP contribution in [0.2, 0.25) is 0 Å². The van der Waals surface area contributed by atoms with Crippen molar-refractivity contribution in [1.29, 1.82) is 0 Å². The lowest BCUT2D eigenvalue weighted by atomic mass is 10.1. The molecule has 0 spiro atoms. The molecule has 1 N–H and O–H groups in total. The fourth-order valence-electron chi connectivity index (χ4n) is 3.23. The maximum atomic E-state index is 12.8. The van der Waals surface area contributed by atoms with Gasteiger partial charge in [0.15, 0.2) is 6.73 Å². The summed E-state index contributed by atoms with van der Waals surface area (Å²) in [4.78, 5) is 16.0. The second-order valence-electron chi connectivity index (χ2n) is 5.49. The molecule has 0 fully saturated rings. The fourth-order valence-corrected chi connectivity index (χ4v) is 3.23. The average Bonchev–Trinajstić information content (AvgIpc) is 2.94. The zero-order chi connectivity index (χ0) is 14.7. The zero-order valence-corrected chi connectivity index (χ0v) is 11.7. The molecule has 0 aliphatic carbocycles. The molecular weight excluding hydrogens is 276 g/mol. The highest BCUT2D eigenvalue weighted by atomic mass is 16.5. The van der Waals surface area contributed by atoms with E-state index in [0.29, 0.717) is 5.52 Å². The van der Waals surface area contributed by atoms with Crippen molar-refractivity contribution in [2.24, 2.45) is 0 Å². The molecule has 0 radical (unpaired) electrons. The number of para-hydroxylation sites is 2. The molecular formula is C18H12N2O2. The maximum Gasteiger partial charge on any atom is 0.278 e. The Hall–Kier alpha value is -3.01. The van der Waals surface area contributed by atoms with E-state index >= 15 is 0 Å². The van der Waals surface area contributed by atoms with Crippen LogP contribution in [0.4, 0.5) is 0 Å². The van der Waals surface area contributed by atoms with E-state index in [0.717, 1.165) is 33.3 Å². The van der Waals surface area contributed by atoms with Gasteiger partial charge in [-0.1, -0.05) is 30.3 Å². The van der Waals surface area contributed by atoms with Gasteiger partial charge in [-0.3, -0.25) is 9.36 Å². The molecule has 3 heterocycles. The van der Waals surface area contributed by atoms with E-state index < -0.39 is 0 Å². The average molecular weight is 288 g/mol. The van der Waals surface area contributed by atoms with E-state index in [-0.39, 0.29) is 12.3 Å². The first-order chi connectivity index (χ1) is 10.8. The lowest BCUT2D eigenvalue weighted by Crippen LogP contribution is -2.27. The van der Waals surface area contributed by atoms with Gasteiger partial charge < -0.3 is 9.72 Å². The van der Waals surface area contributed by atoms with Gasteiger partial charge in [0, 0.05) is 21.9 Å². The zero-order valence-electron chi connectivity index (χ0n) is 11.7. The predicted octanol–water partition coefficient (Wildman–Crippen LogP) is 3.50. The number of ether oxygens (including phenoxy) is 1. The number of benzene rings is 2. The Morgan fingerprint density at radius 3 is 2.77 bits per heavy atom. The van der Waals surface area contributed by atoms with Crippen LogP contribution in [-0.2, 0) is 6.73 Å². The number of rotatable bonds is 0. The predicted molar refractivity (Wildman–Crippen MR) is 86.1 cm³/mol. The largest absolute Gasteiger partial charge is 0.472 e. The van der Waals surface area contributed by atoms with Crippen LogP contribution in [0.15, 0.2) is 59.4 Å². The van der Waals surface area contributed by atoms with Crippen LogP contribution < -0.4 is 10.3 Å². The Labute approximate surface area is 125 Å². The number of pyridine rings is 1. The van der Waals surface area contributed by atoms with Crippen LogP contribution >= 0.6 is 0 Å². The molecule has 4 heteroatoms. The standard InChI is InChI=1S/C18H12N2O2/c21-18-17-13(11-5-1-3-7-14(11)19-17)9-15-12-6-2-4-8-16(12)22-10-20(15)18/h1-9,19H,10H2. The number of fused-ring (bicyclic) bond motifs is 6. The first-order valence-corrected chi connectivity index (χ1v) is 7.19. The van der Waals surface area contributed by atoms with E-state index in [9.17, 15) is 4.79 Å². The summed E-state index contributed by atoms with van der Waals surface area (Å²) in [5, 5.41) is 2.03. The molecule has 0 saturated carbocycles. The molecule has 2 aromatic carbocycles. The minimum atomic E-state index is -0.0433. The second kappa shape index (κ2) is 4.01. The SMILES string of the molecule is O=c1c2[nH]c3ccccc3c2cc2n1COc1ccccc1-2. The van der Waals surface area contributed by atoms with Crippen molar-refractivity contribution in [3.63, 3.8) is 0 Å². The molecule has 0 atom stereocenters. The van der Waals surface area contributed by atoms with Crippen molar-refractivity contribution in [2.45, 2.75) is 6.73 Å². The van der Waals surface area contributed by atoms with Crippen LogP contribution in [0, 0.1) is 0 Å². The van der Waals surface area contributed by atoms with Crippen molar-refractivity contribution < 1.29 is 4.74 Å². The van der Waals surface area contributed by atoms with Gasteiger partial charge in [-0.25, -0.2) is 0 Å². The molecule has 4 aromatic rings. The van der Waals surface area contributed by atoms with Gasteiger partial charge >= 0.3 is 0 Å². The van der Waals surface area contributed by atoms with Gasteiger partial charge in [-0.05, 0) is 24.3 Å². The van der Waals surface area contributed by atoms with Crippen molar-refractivity contribution in [1.82, 2.24) is 9.55 Å². The first kappa shape index (κ1) is 11.6. The molecule has 106 valence electrons. The van der Waals surface area contributed by atoms with Crippen LogP contribution in [-0.4, -0.2) is 9.55 Å². The molecule has 0 unspecified atom stereocenters. The van der Waals surface area contributed by atoms with Crippen LogP contribution in [0.5, 0.6) is 5.75 Å². The highest BCUT2D eigenvalue weighted by molar-refractivity contribution is 6.08. The lowest BCUT2D eigenvalue weighted by Gasteiger charge is -2.22. The summed E-state index contributed by atoms with van der Waals surface area (Å²) >= 11 is 0. The van der Waals surface area contributed by atoms with Crippen molar-refractivity contribution in [2.75, 3.05) is 0 Å². The van der Waals surface area contributed by atoms with Crippen LogP contribution in [0.1, 0.15) is 0 Å². The lowest BCUT2D eigenvalue weighted by molar-refractivity contribution is 0.226. The monoisotopic (exact) mass is 288 g/mol. The first-order valence-electron chi connectivity index (χ1n) is 7.19. The van der Waals surface area contributed by atoms with Crippen LogP contribution in [0.25, 0.3) is 33.1 Å². The smallest absolute Gasteiger partial charge is 0.278 e. The molecule has 0 bridgehead atoms. The fraction of sp³-hybridized carbons (Fsp3) is 0.0556. The summed E-state index contributed by atoms with van der Waals surface area (Å²) in [6, 6.07) is 17.9. The topological polar surface area (TPSA) is 47.0 Å². The quantitative estimate of drug-likeness (QED) is 0.538. The van der Waals surface area contributed by atoms with Crippen molar-refractivity contribution in [3.8, 4) is 17.0 Å². The molecule has 4 nitrogen and oxygen atoms in total. The van der Waals surface area contributed by atoms with Gasteiger partial charge in [0.05, 0.1) is 5.69 Å². The third-order valence-corrected chi connectivity index (χ3v) is 4.29. The molecule has 2 aromatic heterocycles. The Morgan fingerprint density at radius 1 is 1.00 bits per heavy atom. The van der Waals surface area contributed by atoms with E-state index in [2.05, 4.69) is 11.1 Å². The minimum Gasteiger partial charge on any atom is -0.472 e. The molecule has 0 saturated heterocycles. The Kier molecular flexibility index (Phi) is 2.12. The Bertz CT molecular complexity index is 1110. The van der Waals surface area contributed by atoms with E-state index in [1.54, 1.807) is 4.57 Å². The van der Waals surface area contributed by atoms with E-state index in [1.165, 1.54) is 0 Å². The maximum absolute atomic E-state index is 12.8. The third-order valence-electron chi connectivity index (χ3n) is 4.29. The molecule has 22 heavy (non-hydrogen) atoms. The number of nitrogens with zero attached hydrogens (tertiary/aromatic N) is 1. The highest BCUT2D eigenvalue weighted by Gasteiger charge is 2.20. The summed E-state index contributed by atoms with van der Waals surface area (Å²) in [5.74, 6) is 0.820. The number of hydrogen-bond acceptors (Lipinski definition) is 2. The number of H-pyrrole nitrogens is 1. The normalized spacial score (nSPS) is 12.9. The minimum absolute atomic E-state index is 0.0433. The van der Waals surface area contributed by atoms with Gasteiger partial charge in [0.2, 0.25) is 0 Å².